The molecule has 4 heteroatoms. The standard InChI is InChI=1S/C16H20F2N2/c1-2-6-15(19)13-9-10-20(11-13)12-16(17,18)14-7-4-3-5-8-14/h3-5,7-11,15H,2,6,12,19H2,1H3. The lowest BCUT2D eigenvalue weighted by atomic mass is 10.1. The Labute approximate surface area is 118 Å². The van der Waals surface area contributed by atoms with Gasteiger partial charge in [0.1, 0.15) is 0 Å². The number of hydrogen-bond acceptors (Lipinski definition) is 1. The Morgan fingerprint density at radius 3 is 2.55 bits per heavy atom. The van der Waals surface area contributed by atoms with Crippen LogP contribution in [-0.4, -0.2) is 4.57 Å². The summed E-state index contributed by atoms with van der Waals surface area (Å²) in [6, 6.07) is 9.63. The molecule has 2 aromatic rings. The average Bonchev–Trinajstić information content (AvgIpc) is 2.88. The SMILES string of the molecule is CCCC(N)c1ccn(CC(F)(F)c2ccccc2)c1. The monoisotopic (exact) mass is 278 g/mol. The maximum Gasteiger partial charge on any atom is 0.290 e. The molecule has 20 heavy (non-hydrogen) atoms. The number of halogens is 2. The zero-order chi connectivity index (χ0) is 14.6. The van der Waals surface area contributed by atoms with Crippen LogP contribution in [0.15, 0.2) is 48.8 Å². The lowest BCUT2D eigenvalue weighted by molar-refractivity contribution is -0.0221. The molecule has 2 rings (SSSR count). The molecule has 0 spiro atoms. The van der Waals surface area contributed by atoms with Crippen LogP contribution in [0.2, 0.25) is 0 Å². The third-order valence-electron chi connectivity index (χ3n) is 3.38. The van der Waals surface area contributed by atoms with Crippen LogP contribution in [0.3, 0.4) is 0 Å². The first-order chi connectivity index (χ1) is 9.53. The van der Waals surface area contributed by atoms with E-state index < -0.39 is 5.92 Å². The first kappa shape index (κ1) is 14.7. The fourth-order valence-corrected chi connectivity index (χ4v) is 2.26. The zero-order valence-corrected chi connectivity index (χ0v) is 11.6. The summed E-state index contributed by atoms with van der Waals surface area (Å²) in [5.41, 5.74) is 6.94. The quantitative estimate of drug-likeness (QED) is 0.848. The van der Waals surface area contributed by atoms with Crippen molar-refractivity contribution in [3.05, 3.63) is 59.9 Å². The molecule has 0 saturated heterocycles. The predicted molar refractivity (Wildman–Crippen MR) is 76.6 cm³/mol. The van der Waals surface area contributed by atoms with E-state index in [1.54, 1.807) is 30.6 Å². The summed E-state index contributed by atoms with van der Waals surface area (Å²) in [4.78, 5) is 0. The van der Waals surface area contributed by atoms with E-state index >= 15 is 0 Å². The Morgan fingerprint density at radius 2 is 1.90 bits per heavy atom. The second-order valence-corrected chi connectivity index (χ2v) is 5.08. The molecule has 1 unspecified atom stereocenters. The van der Waals surface area contributed by atoms with Gasteiger partial charge in [0.25, 0.3) is 5.92 Å². The Morgan fingerprint density at radius 1 is 1.20 bits per heavy atom. The highest BCUT2D eigenvalue weighted by atomic mass is 19.3. The summed E-state index contributed by atoms with van der Waals surface area (Å²) < 4.78 is 29.8. The van der Waals surface area contributed by atoms with Gasteiger partial charge in [0, 0.05) is 24.0 Å². The molecule has 108 valence electrons. The third-order valence-corrected chi connectivity index (χ3v) is 3.38. The molecule has 2 nitrogen and oxygen atoms in total. The van der Waals surface area contributed by atoms with Crippen molar-refractivity contribution in [2.45, 2.75) is 38.3 Å². The van der Waals surface area contributed by atoms with E-state index in [4.69, 9.17) is 5.73 Å². The molecule has 1 aromatic heterocycles. The van der Waals surface area contributed by atoms with E-state index in [-0.39, 0.29) is 18.2 Å². The van der Waals surface area contributed by atoms with E-state index in [2.05, 4.69) is 6.92 Å². The van der Waals surface area contributed by atoms with E-state index in [0.717, 1.165) is 18.4 Å². The van der Waals surface area contributed by atoms with Crippen molar-refractivity contribution in [2.75, 3.05) is 0 Å². The van der Waals surface area contributed by atoms with Crippen molar-refractivity contribution < 1.29 is 8.78 Å². The van der Waals surface area contributed by atoms with Gasteiger partial charge >= 0.3 is 0 Å². The van der Waals surface area contributed by atoms with Gasteiger partial charge in [0.05, 0.1) is 6.54 Å². The van der Waals surface area contributed by atoms with Gasteiger partial charge in [-0.15, -0.1) is 0 Å². The summed E-state index contributed by atoms with van der Waals surface area (Å²) in [5.74, 6) is -2.88. The average molecular weight is 278 g/mol. The van der Waals surface area contributed by atoms with Crippen LogP contribution in [0.5, 0.6) is 0 Å². The zero-order valence-electron chi connectivity index (χ0n) is 11.6. The first-order valence-electron chi connectivity index (χ1n) is 6.87. The van der Waals surface area contributed by atoms with Gasteiger partial charge in [-0.1, -0.05) is 43.7 Å². The van der Waals surface area contributed by atoms with Gasteiger partial charge in [-0.25, -0.2) is 0 Å². The van der Waals surface area contributed by atoms with Crippen molar-refractivity contribution in [3.63, 3.8) is 0 Å². The topological polar surface area (TPSA) is 30.9 Å². The third kappa shape index (κ3) is 3.45. The molecule has 2 N–H and O–H groups in total. The summed E-state index contributed by atoms with van der Waals surface area (Å²) in [6.07, 6.45) is 5.23. The fourth-order valence-electron chi connectivity index (χ4n) is 2.26. The highest BCUT2D eigenvalue weighted by molar-refractivity contribution is 5.21. The number of aromatic nitrogens is 1. The Hall–Kier alpha value is -1.68. The van der Waals surface area contributed by atoms with Gasteiger partial charge in [0.15, 0.2) is 0 Å². The summed E-state index contributed by atoms with van der Waals surface area (Å²) >= 11 is 0. The number of hydrogen-bond donors (Lipinski definition) is 1. The fraction of sp³-hybridized carbons (Fsp3) is 0.375. The molecular formula is C16H20F2N2. The van der Waals surface area contributed by atoms with Gasteiger partial charge in [-0.05, 0) is 18.1 Å². The van der Waals surface area contributed by atoms with Crippen LogP contribution in [0.4, 0.5) is 8.78 Å². The lowest BCUT2D eigenvalue weighted by Crippen LogP contribution is -2.20. The minimum absolute atomic E-state index is 0.0353. The van der Waals surface area contributed by atoms with Crippen molar-refractivity contribution in [1.29, 1.82) is 0 Å². The van der Waals surface area contributed by atoms with Crippen LogP contribution in [0, 0.1) is 0 Å². The van der Waals surface area contributed by atoms with Crippen molar-refractivity contribution >= 4 is 0 Å². The highest BCUT2D eigenvalue weighted by Crippen LogP contribution is 2.30. The van der Waals surface area contributed by atoms with Crippen LogP contribution in [-0.2, 0) is 12.5 Å². The largest absolute Gasteiger partial charge is 0.348 e. The number of nitrogens with two attached hydrogens (primary N) is 1. The molecule has 0 saturated carbocycles. The van der Waals surface area contributed by atoms with E-state index in [1.165, 1.54) is 16.7 Å². The number of alkyl halides is 2. The normalized spacial score (nSPS) is 13.4. The number of rotatable bonds is 6. The number of benzene rings is 1. The van der Waals surface area contributed by atoms with Crippen LogP contribution < -0.4 is 5.73 Å². The molecule has 1 atom stereocenters. The molecule has 0 aliphatic carbocycles. The maximum absolute atomic E-state index is 14.1. The van der Waals surface area contributed by atoms with E-state index in [0.29, 0.717) is 0 Å². The summed E-state index contributed by atoms with van der Waals surface area (Å²) in [6.45, 7) is 1.69. The Bertz CT molecular complexity index is 534. The first-order valence-corrected chi connectivity index (χ1v) is 6.87. The smallest absolute Gasteiger partial charge is 0.290 e. The second kappa shape index (κ2) is 6.18. The van der Waals surface area contributed by atoms with Crippen LogP contribution in [0.1, 0.15) is 36.9 Å². The Balaban J connectivity index is 2.10. The van der Waals surface area contributed by atoms with E-state index in [1.807, 2.05) is 6.07 Å². The minimum Gasteiger partial charge on any atom is -0.348 e. The van der Waals surface area contributed by atoms with Gasteiger partial charge in [-0.3, -0.25) is 0 Å². The van der Waals surface area contributed by atoms with Crippen LogP contribution in [0.25, 0.3) is 0 Å². The van der Waals surface area contributed by atoms with Crippen molar-refractivity contribution in [1.82, 2.24) is 4.57 Å². The molecule has 0 aliphatic heterocycles. The van der Waals surface area contributed by atoms with Gasteiger partial charge in [-0.2, -0.15) is 8.78 Å². The molecule has 0 radical (unpaired) electrons. The van der Waals surface area contributed by atoms with Crippen molar-refractivity contribution in [3.8, 4) is 0 Å². The Kier molecular flexibility index (Phi) is 4.55. The molecular weight excluding hydrogens is 258 g/mol. The van der Waals surface area contributed by atoms with Gasteiger partial charge < -0.3 is 10.3 Å². The predicted octanol–water partition coefficient (Wildman–Crippen LogP) is 4.08. The number of nitrogens with zero attached hydrogens (tertiary/aromatic N) is 1. The lowest BCUT2D eigenvalue weighted by Gasteiger charge is -2.17. The van der Waals surface area contributed by atoms with Crippen molar-refractivity contribution in [2.24, 2.45) is 5.73 Å². The minimum atomic E-state index is -2.88. The highest BCUT2D eigenvalue weighted by Gasteiger charge is 2.31. The molecule has 0 bridgehead atoms. The maximum atomic E-state index is 14.1. The van der Waals surface area contributed by atoms with Crippen LogP contribution >= 0.6 is 0 Å². The molecule has 0 aliphatic rings. The second-order valence-electron chi connectivity index (χ2n) is 5.08. The molecule has 0 amide bonds. The molecule has 0 fully saturated rings. The summed E-state index contributed by atoms with van der Waals surface area (Å²) in [5, 5.41) is 0. The molecule has 1 aromatic carbocycles. The van der Waals surface area contributed by atoms with Gasteiger partial charge in [0.2, 0.25) is 0 Å². The summed E-state index contributed by atoms with van der Waals surface area (Å²) in [7, 11) is 0. The molecule has 1 heterocycles. The van der Waals surface area contributed by atoms with E-state index in [9.17, 15) is 8.78 Å².